The summed E-state index contributed by atoms with van der Waals surface area (Å²) in [6, 6.07) is 4.87. The van der Waals surface area contributed by atoms with Crippen LogP contribution in [0.5, 0.6) is 5.75 Å². The third-order valence-electron chi connectivity index (χ3n) is 1.66. The Bertz CT molecular complexity index is 377. The molecule has 0 bridgehead atoms. The summed E-state index contributed by atoms with van der Waals surface area (Å²) in [5.74, 6) is -0.968. The Hall–Kier alpha value is -1.24. The highest BCUT2D eigenvalue weighted by Crippen LogP contribution is 2.27. The summed E-state index contributed by atoms with van der Waals surface area (Å²) in [6.07, 6.45) is -4.72. The Balaban J connectivity index is 2.79. The highest BCUT2D eigenvalue weighted by molar-refractivity contribution is 9.09. The van der Waals surface area contributed by atoms with E-state index in [4.69, 9.17) is 5.73 Å². The fourth-order valence-corrected chi connectivity index (χ4v) is 1.31. The van der Waals surface area contributed by atoms with Gasteiger partial charge in [-0.3, -0.25) is 4.79 Å². The van der Waals surface area contributed by atoms with Gasteiger partial charge in [0.1, 0.15) is 10.6 Å². The minimum absolute atomic E-state index is 0.347. The van der Waals surface area contributed by atoms with Gasteiger partial charge in [0, 0.05) is 0 Å². The van der Waals surface area contributed by atoms with Crippen LogP contribution in [0.25, 0.3) is 0 Å². The maximum Gasteiger partial charge on any atom is 0.573 e. The number of hydrogen-bond acceptors (Lipinski definition) is 2. The van der Waals surface area contributed by atoms with Gasteiger partial charge in [0.15, 0.2) is 0 Å². The first-order chi connectivity index (χ1) is 7.29. The van der Waals surface area contributed by atoms with E-state index < -0.39 is 17.1 Å². The topological polar surface area (TPSA) is 52.3 Å². The third-order valence-corrected chi connectivity index (χ3v) is 2.64. The van der Waals surface area contributed by atoms with Crippen LogP contribution >= 0.6 is 15.9 Å². The molecular weight excluding hydrogens is 291 g/mol. The second kappa shape index (κ2) is 4.73. The number of carbonyl (C=O) groups excluding carboxylic acids is 1. The predicted octanol–water partition coefficient (Wildman–Crippen LogP) is 2.51. The predicted molar refractivity (Wildman–Crippen MR) is 54.0 cm³/mol. The van der Waals surface area contributed by atoms with Crippen LogP contribution in [0.2, 0.25) is 0 Å². The number of primary amides is 1. The summed E-state index contributed by atoms with van der Waals surface area (Å²) in [6.45, 7) is 0. The van der Waals surface area contributed by atoms with Crippen molar-refractivity contribution in [3.05, 3.63) is 29.8 Å². The van der Waals surface area contributed by atoms with Crippen LogP contribution in [0.15, 0.2) is 24.3 Å². The maximum atomic E-state index is 11.8. The molecule has 0 saturated heterocycles. The van der Waals surface area contributed by atoms with Gasteiger partial charge in [-0.05, 0) is 17.7 Å². The highest BCUT2D eigenvalue weighted by Gasteiger charge is 2.31. The molecule has 0 radical (unpaired) electrons. The Morgan fingerprint density at radius 2 is 1.81 bits per heavy atom. The smallest absolute Gasteiger partial charge is 0.406 e. The first-order valence-electron chi connectivity index (χ1n) is 4.08. The monoisotopic (exact) mass is 297 g/mol. The molecule has 0 aliphatic carbocycles. The zero-order chi connectivity index (χ0) is 12.3. The number of hydrogen-bond donors (Lipinski definition) is 1. The SMILES string of the molecule is NC(=O)C(Br)c1ccc(OC(F)(F)F)cc1. The first kappa shape index (κ1) is 12.8. The van der Waals surface area contributed by atoms with Crippen LogP contribution in [0, 0.1) is 0 Å². The molecule has 1 atom stereocenters. The van der Waals surface area contributed by atoms with E-state index in [2.05, 4.69) is 20.7 Å². The molecule has 1 aromatic rings. The highest BCUT2D eigenvalue weighted by atomic mass is 79.9. The number of benzene rings is 1. The van der Waals surface area contributed by atoms with E-state index in [1.54, 1.807) is 0 Å². The van der Waals surface area contributed by atoms with Gasteiger partial charge in [0.25, 0.3) is 0 Å². The molecule has 0 saturated carbocycles. The van der Waals surface area contributed by atoms with Gasteiger partial charge in [-0.1, -0.05) is 28.1 Å². The second-order valence-electron chi connectivity index (χ2n) is 2.88. The van der Waals surface area contributed by atoms with E-state index in [1.165, 1.54) is 12.1 Å². The summed E-state index contributed by atoms with van der Waals surface area (Å²) in [5, 5.41) is 0. The van der Waals surface area contributed by atoms with Crippen LogP contribution in [0.3, 0.4) is 0 Å². The van der Waals surface area contributed by atoms with E-state index >= 15 is 0 Å². The van der Waals surface area contributed by atoms with Crippen LogP contribution in [0.1, 0.15) is 10.4 Å². The molecular formula is C9H7BrF3NO2. The lowest BCUT2D eigenvalue weighted by Crippen LogP contribution is -2.18. The van der Waals surface area contributed by atoms with Crippen molar-refractivity contribution in [3.8, 4) is 5.75 Å². The van der Waals surface area contributed by atoms with Gasteiger partial charge >= 0.3 is 6.36 Å². The largest absolute Gasteiger partial charge is 0.573 e. The van der Waals surface area contributed by atoms with Crippen molar-refractivity contribution in [1.82, 2.24) is 0 Å². The summed E-state index contributed by atoms with van der Waals surface area (Å²) >= 11 is 3.00. The second-order valence-corrected chi connectivity index (χ2v) is 3.80. The molecule has 3 nitrogen and oxygen atoms in total. The number of carbonyl (C=O) groups is 1. The summed E-state index contributed by atoms with van der Waals surface area (Å²) in [7, 11) is 0. The third kappa shape index (κ3) is 3.73. The number of ether oxygens (including phenoxy) is 1. The van der Waals surface area contributed by atoms with Crippen LogP contribution in [-0.4, -0.2) is 12.3 Å². The van der Waals surface area contributed by atoms with Gasteiger partial charge in [0.2, 0.25) is 5.91 Å². The summed E-state index contributed by atoms with van der Waals surface area (Å²) < 4.78 is 39.1. The van der Waals surface area contributed by atoms with E-state index in [-0.39, 0.29) is 5.75 Å². The van der Waals surface area contributed by atoms with E-state index in [1.807, 2.05) is 0 Å². The van der Waals surface area contributed by atoms with Crippen molar-refractivity contribution in [2.45, 2.75) is 11.2 Å². The molecule has 0 heterocycles. The fourth-order valence-electron chi connectivity index (χ4n) is 1.00. The number of halogens is 4. The zero-order valence-corrected chi connectivity index (χ0v) is 9.38. The Morgan fingerprint density at radius 3 is 2.19 bits per heavy atom. The molecule has 0 aliphatic heterocycles. The summed E-state index contributed by atoms with van der Waals surface area (Å²) in [4.78, 5) is 10.0. The molecule has 88 valence electrons. The van der Waals surface area contributed by atoms with E-state index in [9.17, 15) is 18.0 Å². The van der Waals surface area contributed by atoms with E-state index in [0.717, 1.165) is 12.1 Å². The minimum atomic E-state index is -4.72. The van der Waals surface area contributed by atoms with Crippen molar-refractivity contribution < 1.29 is 22.7 Å². The first-order valence-corrected chi connectivity index (χ1v) is 5.00. The molecule has 0 aliphatic rings. The van der Waals surface area contributed by atoms with Gasteiger partial charge in [-0.15, -0.1) is 13.2 Å². The lowest BCUT2D eigenvalue weighted by Gasteiger charge is -2.10. The molecule has 2 N–H and O–H groups in total. The van der Waals surface area contributed by atoms with Gasteiger partial charge in [-0.25, -0.2) is 0 Å². The standard InChI is InChI=1S/C9H7BrF3NO2/c10-7(8(14)15)5-1-3-6(4-2-5)16-9(11,12)13/h1-4,7H,(H2,14,15). The Kier molecular flexibility index (Phi) is 3.79. The summed E-state index contributed by atoms with van der Waals surface area (Å²) in [5.41, 5.74) is 5.47. The molecule has 0 fully saturated rings. The van der Waals surface area contributed by atoms with Crippen LogP contribution in [-0.2, 0) is 4.79 Å². The van der Waals surface area contributed by atoms with Crippen molar-refractivity contribution in [2.24, 2.45) is 5.73 Å². The van der Waals surface area contributed by atoms with Crippen molar-refractivity contribution >= 4 is 21.8 Å². The maximum absolute atomic E-state index is 11.8. The normalized spacial score (nSPS) is 13.2. The van der Waals surface area contributed by atoms with Crippen LogP contribution in [0.4, 0.5) is 13.2 Å². The molecule has 7 heteroatoms. The number of alkyl halides is 4. The molecule has 1 aromatic carbocycles. The van der Waals surface area contributed by atoms with Gasteiger partial charge in [0.05, 0.1) is 0 Å². The zero-order valence-electron chi connectivity index (χ0n) is 7.79. The van der Waals surface area contributed by atoms with Crippen molar-refractivity contribution in [3.63, 3.8) is 0 Å². The minimum Gasteiger partial charge on any atom is -0.406 e. The molecule has 1 unspecified atom stereocenters. The average Bonchev–Trinajstić information content (AvgIpc) is 2.15. The average molecular weight is 298 g/mol. The number of amides is 1. The molecule has 1 amide bonds. The lowest BCUT2D eigenvalue weighted by molar-refractivity contribution is -0.274. The number of rotatable bonds is 3. The quantitative estimate of drug-likeness (QED) is 0.872. The van der Waals surface area contributed by atoms with Crippen LogP contribution < -0.4 is 10.5 Å². The molecule has 0 aromatic heterocycles. The molecule has 16 heavy (non-hydrogen) atoms. The van der Waals surface area contributed by atoms with Gasteiger partial charge in [-0.2, -0.15) is 0 Å². The molecule has 0 spiro atoms. The Morgan fingerprint density at radius 1 is 1.31 bits per heavy atom. The van der Waals surface area contributed by atoms with Crippen molar-refractivity contribution in [2.75, 3.05) is 0 Å². The number of nitrogens with two attached hydrogens (primary N) is 1. The van der Waals surface area contributed by atoms with Crippen molar-refractivity contribution in [1.29, 1.82) is 0 Å². The molecule has 1 rings (SSSR count). The van der Waals surface area contributed by atoms with Gasteiger partial charge < -0.3 is 10.5 Å². The fraction of sp³-hybridized carbons (Fsp3) is 0.222. The Labute approximate surface area is 97.5 Å². The van der Waals surface area contributed by atoms with E-state index in [0.29, 0.717) is 5.56 Å². The lowest BCUT2D eigenvalue weighted by atomic mass is 10.1.